The molecule has 5 heteroatoms. The van der Waals surface area contributed by atoms with Crippen LogP contribution in [0.15, 0.2) is 0 Å². The molecule has 0 aromatic rings. The van der Waals surface area contributed by atoms with Gasteiger partial charge in [0.25, 0.3) is 0 Å². The Balaban J connectivity index is 2.50. The third-order valence-corrected chi connectivity index (χ3v) is 4.74. The van der Waals surface area contributed by atoms with E-state index in [0.29, 0.717) is 11.7 Å². The maximum absolute atomic E-state index is 11.4. The normalized spacial score (nSPS) is 27.9. The van der Waals surface area contributed by atoms with E-state index >= 15 is 0 Å². The van der Waals surface area contributed by atoms with Crippen LogP contribution in [0.3, 0.4) is 0 Å². The second-order valence-corrected chi connectivity index (χ2v) is 6.88. The van der Waals surface area contributed by atoms with Crippen molar-refractivity contribution in [2.45, 2.75) is 38.8 Å². The van der Waals surface area contributed by atoms with Gasteiger partial charge in [-0.2, -0.15) is 0 Å². The van der Waals surface area contributed by atoms with Crippen molar-refractivity contribution in [3.8, 4) is 0 Å². The fraction of sp³-hybridized carbons (Fsp3) is 1.00. The van der Waals surface area contributed by atoms with Gasteiger partial charge < -0.3 is 10.4 Å². The van der Waals surface area contributed by atoms with Crippen LogP contribution in [0.1, 0.15) is 26.7 Å². The average Bonchev–Trinajstić information content (AvgIpc) is 2.12. The summed E-state index contributed by atoms with van der Waals surface area (Å²) in [6.45, 7) is 4.10. The molecule has 0 spiro atoms. The highest BCUT2D eigenvalue weighted by atomic mass is 32.2. The van der Waals surface area contributed by atoms with Crippen LogP contribution in [0.4, 0.5) is 0 Å². The fourth-order valence-corrected chi connectivity index (χ4v) is 3.56. The second-order valence-electron chi connectivity index (χ2n) is 4.65. The van der Waals surface area contributed by atoms with Crippen molar-refractivity contribution in [3.05, 3.63) is 0 Å². The Hall–Kier alpha value is -0.130. The van der Waals surface area contributed by atoms with E-state index in [-0.39, 0.29) is 24.4 Å². The molecule has 1 unspecified atom stereocenters. The van der Waals surface area contributed by atoms with Crippen molar-refractivity contribution in [2.75, 3.05) is 18.1 Å². The van der Waals surface area contributed by atoms with Crippen LogP contribution >= 0.6 is 0 Å². The zero-order chi connectivity index (χ0) is 11.5. The summed E-state index contributed by atoms with van der Waals surface area (Å²) < 4.78 is 22.8. The van der Waals surface area contributed by atoms with E-state index in [9.17, 15) is 8.42 Å². The average molecular weight is 235 g/mol. The molecule has 0 bridgehead atoms. The minimum atomic E-state index is -2.86. The van der Waals surface area contributed by atoms with Crippen LogP contribution in [0, 0.1) is 5.92 Å². The lowest BCUT2D eigenvalue weighted by Crippen LogP contribution is -2.48. The zero-order valence-electron chi connectivity index (χ0n) is 9.44. The van der Waals surface area contributed by atoms with Crippen molar-refractivity contribution in [2.24, 2.45) is 5.92 Å². The zero-order valence-corrected chi connectivity index (χ0v) is 10.3. The van der Waals surface area contributed by atoms with E-state index in [2.05, 4.69) is 5.32 Å². The van der Waals surface area contributed by atoms with Crippen LogP contribution in [-0.4, -0.2) is 43.7 Å². The van der Waals surface area contributed by atoms with Gasteiger partial charge in [0.2, 0.25) is 0 Å². The van der Waals surface area contributed by atoms with Gasteiger partial charge in [-0.05, 0) is 18.8 Å². The number of rotatable bonds is 4. The van der Waals surface area contributed by atoms with Gasteiger partial charge in [-0.15, -0.1) is 0 Å². The van der Waals surface area contributed by atoms with Gasteiger partial charge in [0, 0.05) is 12.1 Å². The van der Waals surface area contributed by atoms with Crippen molar-refractivity contribution in [3.63, 3.8) is 0 Å². The number of nitrogens with one attached hydrogen (secondary N) is 1. The van der Waals surface area contributed by atoms with Gasteiger partial charge in [-0.25, -0.2) is 8.42 Å². The van der Waals surface area contributed by atoms with Crippen molar-refractivity contribution in [1.82, 2.24) is 5.32 Å². The molecule has 1 aliphatic rings. The molecule has 0 aromatic carbocycles. The summed E-state index contributed by atoms with van der Waals surface area (Å²) >= 11 is 0. The Bertz CT molecular complexity index is 287. The molecule has 0 saturated carbocycles. The molecule has 1 rings (SSSR count). The SMILES string of the molecule is CC(C)[C@@H](CO)NC1CCCS(=O)(=O)C1. The highest BCUT2D eigenvalue weighted by Crippen LogP contribution is 2.14. The van der Waals surface area contributed by atoms with Gasteiger partial charge in [0.15, 0.2) is 9.84 Å². The third-order valence-electron chi connectivity index (χ3n) is 2.91. The summed E-state index contributed by atoms with van der Waals surface area (Å²) in [7, 11) is -2.86. The Morgan fingerprint density at radius 3 is 2.60 bits per heavy atom. The standard InChI is InChI=1S/C10H21NO3S/c1-8(2)10(6-12)11-9-4-3-5-15(13,14)7-9/h8-12H,3-7H2,1-2H3/t9?,10-/m1/s1. The highest BCUT2D eigenvalue weighted by Gasteiger charge is 2.26. The van der Waals surface area contributed by atoms with Crippen molar-refractivity contribution >= 4 is 9.84 Å². The van der Waals surface area contributed by atoms with E-state index in [4.69, 9.17) is 5.11 Å². The minimum absolute atomic E-state index is 0.00306. The Morgan fingerprint density at radius 1 is 1.47 bits per heavy atom. The number of hydrogen-bond donors (Lipinski definition) is 2. The van der Waals surface area contributed by atoms with Gasteiger partial charge in [0.1, 0.15) is 0 Å². The molecule has 1 aliphatic heterocycles. The first-order chi connectivity index (χ1) is 6.94. The minimum Gasteiger partial charge on any atom is -0.395 e. The first kappa shape index (κ1) is 12.9. The summed E-state index contributed by atoms with van der Waals surface area (Å²) in [6.07, 6.45) is 1.62. The summed E-state index contributed by atoms with van der Waals surface area (Å²) in [5, 5.41) is 12.4. The second kappa shape index (κ2) is 5.27. The van der Waals surface area contributed by atoms with Crippen LogP contribution in [0.25, 0.3) is 0 Å². The van der Waals surface area contributed by atoms with Crippen LogP contribution in [0.5, 0.6) is 0 Å². The van der Waals surface area contributed by atoms with Crippen molar-refractivity contribution < 1.29 is 13.5 Å². The largest absolute Gasteiger partial charge is 0.395 e. The van der Waals surface area contributed by atoms with Crippen LogP contribution < -0.4 is 5.32 Å². The Kier molecular flexibility index (Phi) is 4.55. The van der Waals surface area contributed by atoms with Gasteiger partial charge in [0.05, 0.1) is 18.1 Å². The first-order valence-electron chi connectivity index (χ1n) is 5.52. The Morgan fingerprint density at radius 2 is 2.13 bits per heavy atom. The lowest BCUT2D eigenvalue weighted by Gasteiger charge is -2.29. The molecule has 1 saturated heterocycles. The first-order valence-corrected chi connectivity index (χ1v) is 7.34. The summed E-state index contributed by atoms with van der Waals surface area (Å²) in [4.78, 5) is 0. The summed E-state index contributed by atoms with van der Waals surface area (Å²) in [5.74, 6) is 0.854. The summed E-state index contributed by atoms with van der Waals surface area (Å²) in [5.41, 5.74) is 0. The molecule has 0 amide bonds. The van der Waals surface area contributed by atoms with E-state index in [1.54, 1.807) is 0 Å². The Labute approximate surface area is 92.0 Å². The third kappa shape index (κ3) is 4.09. The lowest BCUT2D eigenvalue weighted by molar-refractivity contribution is 0.199. The van der Waals surface area contributed by atoms with E-state index < -0.39 is 9.84 Å². The number of aliphatic hydroxyl groups is 1. The predicted molar refractivity (Wildman–Crippen MR) is 60.5 cm³/mol. The molecule has 1 heterocycles. The number of aliphatic hydroxyl groups excluding tert-OH is 1. The smallest absolute Gasteiger partial charge is 0.151 e. The van der Waals surface area contributed by atoms with Gasteiger partial charge >= 0.3 is 0 Å². The van der Waals surface area contributed by atoms with Crippen LogP contribution in [-0.2, 0) is 9.84 Å². The topological polar surface area (TPSA) is 66.4 Å². The maximum atomic E-state index is 11.4. The molecule has 0 aromatic heterocycles. The molecule has 4 nitrogen and oxygen atoms in total. The molecule has 0 radical (unpaired) electrons. The molecule has 15 heavy (non-hydrogen) atoms. The predicted octanol–water partition coefficient (Wildman–Crippen LogP) is 0.170. The molecular weight excluding hydrogens is 214 g/mol. The van der Waals surface area contributed by atoms with E-state index in [1.165, 1.54) is 0 Å². The molecular formula is C10H21NO3S. The monoisotopic (exact) mass is 235 g/mol. The molecule has 2 atom stereocenters. The van der Waals surface area contributed by atoms with E-state index in [0.717, 1.165) is 12.8 Å². The number of sulfone groups is 1. The van der Waals surface area contributed by atoms with Gasteiger partial charge in [-0.3, -0.25) is 0 Å². The maximum Gasteiger partial charge on any atom is 0.151 e. The summed E-state index contributed by atoms with van der Waals surface area (Å²) in [6, 6.07) is 0.0200. The molecule has 2 N–H and O–H groups in total. The quantitative estimate of drug-likeness (QED) is 0.729. The molecule has 0 aliphatic carbocycles. The molecule has 90 valence electrons. The highest BCUT2D eigenvalue weighted by molar-refractivity contribution is 7.91. The molecule has 1 fully saturated rings. The van der Waals surface area contributed by atoms with Crippen LogP contribution in [0.2, 0.25) is 0 Å². The van der Waals surface area contributed by atoms with Gasteiger partial charge in [-0.1, -0.05) is 13.8 Å². The number of hydrogen-bond acceptors (Lipinski definition) is 4. The fourth-order valence-electron chi connectivity index (χ4n) is 1.91. The van der Waals surface area contributed by atoms with Crippen molar-refractivity contribution in [1.29, 1.82) is 0 Å². The lowest BCUT2D eigenvalue weighted by atomic mass is 10.0. The van der Waals surface area contributed by atoms with E-state index in [1.807, 2.05) is 13.8 Å².